The first-order chi connectivity index (χ1) is 38.0. The maximum absolute atomic E-state index is 4.71. The second kappa shape index (κ2) is 35.1. The van der Waals surface area contributed by atoms with Gasteiger partial charge in [-0.15, -0.1) is 0 Å². The van der Waals surface area contributed by atoms with Gasteiger partial charge in [0.15, 0.2) is 0 Å². The quantitative estimate of drug-likeness (QED) is 0.100. The summed E-state index contributed by atoms with van der Waals surface area (Å²) in [6.07, 6.45) is 30.3. The Balaban J connectivity index is 0.000000157. The zero-order valence-corrected chi connectivity index (χ0v) is 45.4. The lowest BCUT2D eigenvalue weighted by molar-refractivity contribution is 0.444. The molecule has 8 aromatic rings. The largest absolute Gasteiger partial charge is 0.288 e. The van der Waals surface area contributed by atoms with Crippen LogP contribution in [0.3, 0.4) is 0 Å². The Hall–Kier alpha value is -8.24. The maximum atomic E-state index is 4.71. The SMILES string of the molecule is C(=NC1CCCCC1)c1ccccn1.C(=NC1CCCc2ccccc21)c1ccccn1.CC(C)N=Cc1ccccn1.CCC(N=Cc1ccccn1)c1ccccc1.CCC(N=Cc1ccccn1)c1ccccc1. The third-order valence-corrected chi connectivity index (χ3v) is 12.6. The Morgan fingerprint density at radius 1 is 0.403 bits per heavy atom. The van der Waals surface area contributed by atoms with Gasteiger partial charge < -0.3 is 0 Å². The van der Waals surface area contributed by atoms with Crippen molar-refractivity contribution in [2.75, 3.05) is 0 Å². The van der Waals surface area contributed by atoms with Gasteiger partial charge in [-0.3, -0.25) is 49.9 Å². The van der Waals surface area contributed by atoms with Gasteiger partial charge in [0, 0.05) is 68.1 Å². The molecule has 0 amide bonds. The molecule has 5 heterocycles. The third kappa shape index (κ3) is 22.6. The van der Waals surface area contributed by atoms with Crippen LogP contribution < -0.4 is 0 Å². The lowest BCUT2D eigenvalue weighted by Crippen LogP contribution is -2.09. The van der Waals surface area contributed by atoms with Crippen molar-refractivity contribution in [3.05, 3.63) is 258 Å². The van der Waals surface area contributed by atoms with Crippen LogP contribution in [0.1, 0.15) is 154 Å². The Bertz CT molecular complexity index is 2820. The minimum Gasteiger partial charge on any atom is -0.288 e. The fourth-order valence-corrected chi connectivity index (χ4v) is 8.49. The molecular formula is C67H76N10. The normalized spacial score (nSPS) is 15.1. The summed E-state index contributed by atoms with van der Waals surface area (Å²) in [5, 5.41) is 0. The van der Waals surface area contributed by atoms with Gasteiger partial charge in [-0.1, -0.05) is 148 Å². The van der Waals surface area contributed by atoms with Gasteiger partial charge in [0.1, 0.15) is 0 Å². The van der Waals surface area contributed by atoms with Crippen LogP contribution in [0.25, 0.3) is 0 Å². The second-order valence-electron chi connectivity index (χ2n) is 18.8. The van der Waals surface area contributed by atoms with Gasteiger partial charge in [-0.05, 0) is 142 Å². The van der Waals surface area contributed by atoms with E-state index < -0.39 is 0 Å². The molecule has 5 aromatic heterocycles. The number of rotatable bonds is 14. The van der Waals surface area contributed by atoms with Crippen molar-refractivity contribution in [1.29, 1.82) is 0 Å². The molecule has 3 atom stereocenters. The van der Waals surface area contributed by atoms with Crippen molar-refractivity contribution in [1.82, 2.24) is 24.9 Å². The van der Waals surface area contributed by atoms with E-state index in [1.54, 1.807) is 31.0 Å². The topological polar surface area (TPSA) is 126 Å². The molecule has 0 saturated heterocycles. The molecule has 10 heteroatoms. The van der Waals surface area contributed by atoms with E-state index in [1.165, 1.54) is 67.2 Å². The summed E-state index contributed by atoms with van der Waals surface area (Å²) in [5.41, 5.74) is 9.97. The van der Waals surface area contributed by atoms with Crippen LogP contribution in [0.15, 0.2) is 232 Å². The van der Waals surface area contributed by atoms with Crippen molar-refractivity contribution < 1.29 is 0 Å². The summed E-state index contributed by atoms with van der Waals surface area (Å²) in [7, 11) is 0. The molecule has 3 unspecified atom stereocenters. The molecular weight excluding hydrogens is 945 g/mol. The van der Waals surface area contributed by atoms with Gasteiger partial charge >= 0.3 is 0 Å². The summed E-state index contributed by atoms with van der Waals surface area (Å²) in [6, 6.07) is 60.3. The van der Waals surface area contributed by atoms with E-state index in [-0.39, 0.29) is 12.1 Å². The van der Waals surface area contributed by atoms with Crippen LogP contribution >= 0.6 is 0 Å². The van der Waals surface area contributed by atoms with E-state index in [0.717, 1.165) is 47.7 Å². The molecule has 0 radical (unpaired) electrons. The molecule has 0 bridgehead atoms. The molecule has 77 heavy (non-hydrogen) atoms. The highest BCUT2D eigenvalue weighted by Crippen LogP contribution is 2.32. The lowest BCUT2D eigenvalue weighted by atomic mass is 9.88. The predicted octanol–water partition coefficient (Wildman–Crippen LogP) is 15.6. The van der Waals surface area contributed by atoms with Gasteiger partial charge in [-0.2, -0.15) is 0 Å². The van der Waals surface area contributed by atoms with Crippen molar-refractivity contribution in [3.8, 4) is 0 Å². The highest BCUT2D eigenvalue weighted by atomic mass is 14.8. The van der Waals surface area contributed by atoms with E-state index in [2.05, 4.69) is 107 Å². The number of nitrogens with zero attached hydrogens (tertiary/aromatic N) is 10. The highest BCUT2D eigenvalue weighted by Gasteiger charge is 2.18. The molecule has 3 aromatic carbocycles. The molecule has 394 valence electrons. The first-order valence-electron chi connectivity index (χ1n) is 27.4. The Labute approximate surface area is 458 Å². The molecule has 0 spiro atoms. The molecule has 2 aliphatic carbocycles. The number of fused-ring (bicyclic) bond motifs is 1. The predicted molar refractivity (Wildman–Crippen MR) is 322 cm³/mol. The first kappa shape index (κ1) is 58.0. The third-order valence-electron chi connectivity index (χ3n) is 12.6. The van der Waals surface area contributed by atoms with Crippen molar-refractivity contribution in [2.24, 2.45) is 25.0 Å². The average molecular weight is 1020 g/mol. The van der Waals surface area contributed by atoms with E-state index >= 15 is 0 Å². The Morgan fingerprint density at radius 2 is 0.792 bits per heavy atom. The van der Waals surface area contributed by atoms with Crippen LogP contribution in [-0.2, 0) is 6.42 Å². The van der Waals surface area contributed by atoms with Gasteiger partial charge in [0.05, 0.1) is 52.6 Å². The number of hydrogen-bond acceptors (Lipinski definition) is 10. The Kier molecular flexibility index (Phi) is 26.5. The monoisotopic (exact) mass is 1020 g/mol. The van der Waals surface area contributed by atoms with Crippen LogP contribution in [0.5, 0.6) is 0 Å². The number of pyridine rings is 5. The van der Waals surface area contributed by atoms with Crippen molar-refractivity contribution in [3.63, 3.8) is 0 Å². The van der Waals surface area contributed by atoms with Gasteiger partial charge in [-0.25, -0.2) is 0 Å². The van der Waals surface area contributed by atoms with E-state index in [4.69, 9.17) is 4.99 Å². The molecule has 0 N–H and O–H groups in total. The fraction of sp³-hybridized carbons (Fsp3) is 0.284. The highest BCUT2D eigenvalue weighted by molar-refractivity contribution is 5.78. The Morgan fingerprint density at radius 3 is 1.21 bits per heavy atom. The molecule has 2 aliphatic rings. The minimum absolute atomic E-state index is 0.221. The number of aromatic nitrogens is 5. The number of aryl methyl sites for hydroxylation is 1. The summed E-state index contributed by atoms with van der Waals surface area (Å²) < 4.78 is 0. The van der Waals surface area contributed by atoms with E-state index in [1.807, 2.05) is 172 Å². The smallest absolute Gasteiger partial charge is 0.0808 e. The summed E-state index contributed by atoms with van der Waals surface area (Å²) in [5.74, 6) is 0. The van der Waals surface area contributed by atoms with Crippen molar-refractivity contribution >= 4 is 31.1 Å². The zero-order chi connectivity index (χ0) is 53.8. The number of aliphatic imine (C=N–C) groups is 5. The van der Waals surface area contributed by atoms with Crippen molar-refractivity contribution in [2.45, 2.75) is 122 Å². The zero-order valence-electron chi connectivity index (χ0n) is 45.4. The average Bonchev–Trinajstić information content (AvgIpc) is 3.51. The maximum Gasteiger partial charge on any atom is 0.0808 e. The molecule has 10 rings (SSSR count). The molecule has 1 saturated carbocycles. The van der Waals surface area contributed by atoms with Gasteiger partial charge in [0.25, 0.3) is 0 Å². The summed E-state index contributed by atoms with van der Waals surface area (Å²) >= 11 is 0. The lowest BCUT2D eigenvalue weighted by Gasteiger charge is -2.22. The minimum atomic E-state index is 0.221. The second-order valence-corrected chi connectivity index (χ2v) is 18.8. The molecule has 1 fully saturated rings. The van der Waals surface area contributed by atoms with Crippen LogP contribution in [0.4, 0.5) is 0 Å². The van der Waals surface area contributed by atoms with Crippen LogP contribution in [-0.4, -0.2) is 68.1 Å². The van der Waals surface area contributed by atoms with E-state index in [9.17, 15) is 0 Å². The molecule has 10 nitrogen and oxygen atoms in total. The number of hydrogen-bond donors (Lipinski definition) is 0. The summed E-state index contributed by atoms with van der Waals surface area (Å²) in [6.45, 7) is 8.37. The van der Waals surface area contributed by atoms with Crippen LogP contribution in [0.2, 0.25) is 0 Å². The first-order valence-corrected chi connectivity index (χ1v) is 27.4. The number of benzene rings is 3. The van der Waals surface area contributed by atoms with E-state index in [0.29, 0.717) is 18.1 Å². The van der Waals surface area contributed by atoms with Crippen LogP contribution in [0, 0.1) is 0 Å². The fourth-order valence-electron chi connectivity index (χ4n) is 8.49. The molecule has 0 aliphatic heterocycles. The van der Waals surface area contributed by atoms with Gasteiger partial charge in [0.2, 0.25) is 0 Å². The summed E-state index contributed by atoms with van der Waals surface area (Å²) in [4.78, 5) is 43.7. The standard InChI is InChI=1S/C16H16N2.2C15H16N2.C12H16N2.C9H12N2/c1-2-9-15-13(6-1)7-5-10-16(15)18-12-14-8-3-4-11-17-14;2*1-2-15(13-8-4-3-5-9-13)17-12-14-10-6-7-11-16-14;1-2-6-11(7-3-1)14-10-12-8-4-5-9-13-12;1-8(2)11-7-9-5-3-4-6-10-9/h1-4,6,8-9,11-12,16H,5,7,10H2;2*3-12,15H,2H2,1H3;4-5,8-11H,1-3,6-7H2;3-8H,1-2H3.